The van der Waals surface area contributed by atoms with E-state index in [-0.39, 0.29) is 23.8 Å². The lowest BCUT2D eigenvalue weighted by Gasteiger charge is -2.20. The van der Waals surface area contributed by atoms with Crippen molar-refractivity contribution in [3.05, 3.63) is 29.8 Å². The van der Waals surface area contributed by atoms with Crippen molar-refractivity contribution < 1.29 is 9.59 Å². The molecule has 1 saturated heterocycles. The number of anilines is 1. The molecule has 5 heteroatoms. The summed E-state index contributed by atoms with van der Waals surface area (Å²) in [7, 11) is 0. The number of carbonyl (C=O) groups is 2. The molecule has 130 valence electrons. The van der Waals surface area contributed by atoms with Gasteiger partial charge >= 0.3 is 0 Å². The molecule has 1 heterocycles. The molecule has 2 unspecified atom stereocenters. The van der Waals surface area contributed by atoms with Crippen LogP contribution in [0.2, 0.25) is 0 Å². The molecule has 5 nitrogen and oxygen atoms in total. The summed E-state index contributed by atoms with van der Waals surface area (Å²) < 4.78 is 0. The second-order valence-electron chi connectivity index (χ2n) is 7.04. The second-order valence-corrected chi connectivity index (χ2v) is 7.04. The molecule has 3 N–H and O–H groups in total. The summed E-state index contributed by atoms with van der Waals surface area (Å²) >= 11 is 0. The van der Waals surface area contributed by atoms with E-state index in [0.29, 0.717) is 5.56 Å². The highest BCUT2D eigenvalue weighted by Crippen LogP contribution is 2.25. The Morgan fingerprint density at radius 3 is 2.25 bits per heavy atom. The van der Waals surface area contributed by atoms with Crippen LogP contribution in [-0.2, 0) is 4.79 Å². The molecule has 0 radical (unpaired) electrons. The SMILES string of the molecule is NC1CCC(C(=O)Nc2ccc(C(=O)N3CCCCCC3)cc2)C1. The number of nitrogens with one attached hydrogen (secondary N) is 1. The Balaban J connectivity index is 1.58. The minimum atomic E-state index is 0.0124. The van der Waals surface area contributed by atoms with Crippen molar-refractivity contribution in [1.82, 2.24) is 4.90 Å². The van der Waals surface area contributed by atoms with Crippen LogP contribution in [0.4, 0.5) is 5.69 Å². The van der Waals surface area contributed by atoms with Gasteiger partial charge in [-0.15, -0.1) is 0 Å². The first kappa shape index (κ1) is 17.0. The van der Waals surface area contributed by atoms with Crippen molar-refractivity contribution in [3.8, 4) is 0 Å². The molecule has 3 rings (SSSR count). The minimum absolute atomic E-state index is 0.0124. The Labute approximate surface area is 143 Å². The Morgan fingerprint density at radius 1 is 1.00 bits per heavy atom. The van der Waals surface area contributed by atoms with Gasteiger partial charge in [0, 0.05) is 36.3 Å². The number of rotatable bonds is 3. The van der Waals surface area contributed by atoms with E-state index in [1.807, 2.05) is 29.2 Å². The summed E-state index contributed by atoms with van der Waals surface area (Å²) in [5.41, 5.74) is 7.31. The van der Waals surface area contributed by atoms with Gasteiger partial charge in [0.1, 0.15) is 0 Å². The molecule has 0 bridgehead atoms. The summed E-state index contributed by atoms with van der Waals surface area (Å²) in [5, 5.41) is 2.94. The fourth-order valence-electron chi connectivity index (χ4n) is 3.65. The first-order valence-corrected chi connectivity index (χ1v) is 9.09. The van der Waals surface area contributed by atoms with E-state index in [2.05, 4.69) is 5.32 Å². The van der Waals surface area contributed by atoms with Crippen LogP contribution in [0.1, 0.15) is 55.3 Å². The molecule has 0 spiro atoms. The fourth-order valence-corrected chi connectivity index (χ4v) is 3.65. The minimum Gasteiger partial charge on any atom is -0.339 e. The van der Waals surface area contributed by atoms with Crippen LogP contribution in [0.15, 0.2) is 24.3 Å². The Morgan fingerprint density at radius 2 is 1.67 bits per heavy atom. The van der Waals surface area contributed by atoms with Crippen LogP contribution in [0.25, 0.3) is 0 Å². The lowest BCUT2D eigenvalue weighted by molar-refractivity contribution is -0.119. The van der Waals surface area contributed by atoms with Crippen LogP contribution in [0.3, 0.4) is 0 Å². The molecule has 1 aliphatic carbocycles. The maximum Gasteiger partial charge on any atom is 0.253 e. The van der Waals surface area contributed by atoms with Gasteiger partial charge in [0.15, 0.2) is 0 Å². The third kappa shape index (κ3) is 4.15. The average Bonchev–Trinajstić information content (AvgIpc) is 2.85. The molecule has 2 fully saturated rings. The van der Waals surface area contributed by atoms with E-state index in [1.54, 1.807) is 0 Å². The van der Waals surface area contributed by atoms with Gasteiger partial charge in [-0.3, -0.25) is 9.59 Å². The standard InChI is InChI=1S/C19H27N3O2/c20-16-8-5-15(13-16)18(23)21-17-9-6-14(7-10-17)19(24)22-11-3-1-2-4-12-22/h6-7,9-10,15-16H,1-5,8,11-13,20H2,(H,21,23). The number of likely N-dealkylation sites (tertiary alicyclic amines) is 1. The smallest absolute Gasteiger partial charge is 0.253 e. The van der Waals surface area contributed by atoms with Gasteiger partial charge in [0.25, 0.3) is 5.91 Å². The molecule has 1 aromatic carbocycles. The van der Waals surface area contributed by atoms with Gasteiger partial charge in [-0.25, -0.2) is 0 Å². The molecular formula is C19H27N3O2. The Hall–Kier alpha value is -1.88. The number of nitrogens with two attached hydrogens (primary N) is 1. The first-order valence-electron chi connectivity index (χ1n) is 9.09. The van der Waals surface area contributed by atoms with E-state index in [0.717, 1.165) is 50.9 Å². The van der Waals surface area contributed by atoms with Gasteiger partial charge in [0.2, 0.25) is 5.91 Å². The average molecular weight is 329 g/mol. The van der Waals surface area contributed by atoms with Crippen molar-refractivity contribution in [1.29, 1.82) is 0 Å². The topological polar surface area (TPSA) is 75.4 Å². The predicted molar refractivity (Wildman–Crippen MR) is 94.8 cm³/mol. The van der Waals surface area contributed by atoms with Crippen LogP contribution < -0.4 is 11.1 Å². The number of benzene rings is 1. The van der Waals surface area contributed by atoms with E-state index >= 15 is 0 Å². The number of amides is 2. The number of hydrogen-bond acceptors (Lipinski definition) is 3. The van der Waals surface area contributed by atoms with Crippen molar-refractivity contribution in [2.24, 2.45) is 11.7 Å². The normalized spacial score (nSPS) is 24.5. The van der Waals surface area contributed by atoms with Crippen LogP contribution in [0, 0.1) is 5.92 Å². The third-order valence-corrected chi connectivity index (χ3v) is 5.14. The molecule has 0 aromatic heterocycles. The molecule has 1 saturated carbocycles. The number of nitrogens with zero attached hydrogens (tertiary/aromatic N) is 1. The third-order valence-electron chi connectivity index (χ3n) is 5.14. The van der Waals surface area contributed by atoms with Crippen LogP contribution in [-0.4, -0.2) is 35.8 Å². The zero-order valence-corrected chi connectivity index (χ0v) is 14.2. The second kappa shape index (κ2) is 7.79. The van der Waals surface area contributed by atoms with Crippen molar-refractivity contribution >= 4 is 17.5 Å². The van der Waals surface area contributed by atoms with Crippen molar-refractivity contribution in [2.45, 2.75) is 51.0 Å². The summed E-state index contributed by atoms with van der Waals surface area (Å²) in [6.45, 7) is 1.69. The molecular weight excluding hydrogens is 302 g/mol. The summed E-state index contributed by atoms with van der Waals surface area (Å²) in [6, 6.07) is 7.40. The van der Waals surface area contributed by atoms with E-state index in [1.165, 1.54) is 12.8 Å². The fraction of sp³-hybridized carbons (Fsp3) is 0.579. The zero-order chi connectivity index (χ0) is 16.9. The van der Waals surface area contributed by atoms with Gasteiger partial charge in [0.05, 0.1) is 0 Å². The van der Waals surface area contributed by atoms with E-state index < -0.39 is 0 Å². The van der Waals surface area contributed by atoms with Gasteiger partial charge in [-0.1, -0.05) is 12.8 Å². The first-order chi connectivity index (χ1) is 11.6. The van der Waals surface area contributed by atoms with Gasteiger partial charge in [-0.05, 0) is 56.4 Å². The van der Waals surface area contributed by atoms with Crippen molar-refractivity contribution in [3.63, 3.8) is 0 Å². The molecule has 1 aliphatic heterocycles. The number of hydrogen-bond donors (Lipinski definition) is 2. The Bertz CT molecular complexity index is 577. The van der Waals surface area contributed by atoms with Gasteiger partial charge < -0.3 is 16.0 Å². The highest BCUT2D eigenvalue weighted by Gasteiger charge is 2.27. The van der Waals surface area contributed by atoms with Crippen molar-refractivity contribution in [2.75, 3.05) is 18.4 Å². The molecule has 24 heavy (non-hydrogen) atoms. The molecule has 1 aromatic rings. The van der Waals surface area contributed by atoms with E-state index in [9.17, 15) is 9.59 Å². The Kier molecular flexibility index (Phi) is 5.51. The number of carbonyl (C=O) groups excluding carboxylic acids is 2. The molecule has 2 atom stereocenters. The summed E-state index contributed by atoms with van der Waals surface area (Å²) in [6.07, 6.45) is 7.13. The predicted octanol–water partition coefficient (Wildman–Crippen LogP) is 2.77. The highest BCUT2D eigenvalue weighted by molar-refractivity contribution is 5.96. The van der Waals surface area contributed by atoms with E-state index in [4.69, 9.17) is 5.73 Å². The largest absolute Gasteiger partial charge is 0.339 e. The zero-order valence-electron chi connectivity index (χ0n) is 14.2. The maximum atomic E-state index is 12.6. The van der Waals surface area contributed by atoms with Crippen LogP contribution in [0.5, 0.6) is 0 Å². The molecule has 2 amide bonds. The summed E-state index contributed by atoms with van der Waals surface area (Å²) in [5.74, 6) is 0.143. The quantitative estimate of drug-likeness (QED) is 0.895. The lowest BCUT2D eigenvalue weighted by Crippen LogP contribution is -2.31. The highest BCUT2D eigenvalue weighted by atomic mass is 16.2. The maximum absolute atomic E-state index is 12.6. The lowest BCUT2D eigenvalue weighted by atomic mass is 10.1. The monoisotopic (exact) mass is 329 g/mol. The van der Waals surface area contributed by atoms with Gasteiger partial charge in [-0.2, -0.15) is 0 Å². The molecule has 2 aliphatic rings. The summed E-state index contributed by atoms with van der Waals surface area (Å²) in [4.78, 5) is 26.7. The van der Waals surface area contributed by atoms with Crippen LogP contribution >= 0.6 is 0 Å².